The van der Waals surface area contributed by atoms with Crippen LogP contribution in [0.25, 0.3) is 0 Å². The summed E-state index contributed by atoms with van der Waals surface area (Å²) < 4.78 is 27.5. The van der Waals surface area contributed by atoms with Crippen LogP contribution in [-0.2, 0) is 18.8 Å². The van der Waals surface area contributed by atoms with Crippen molar-refractivity contribution >= 4 is 10.4 Å². The molecule has 0 aliphatic carbocycles. The molecule has 2 unspecified atom stereocenters. The highest BCUT2D eigenvalue weighted by Gasteiger charge is 2.17. The van der Waals surface area contributed by atoms with Crippen molar-refractivity contribution in [3.63, 3.8) is 0 Å². The topological polar surface area (TPSA) is 55.8 Å². The third kappa shape index (κ3) is 7.16. The third-order valence-corrected chi connectivity index (χ3v) is 3.28. The highest BCUT2D eigenvalue weighted by molar-refractivity contribution is 7.81. The second-order valence-electron chi connectivity index (χ2n) is 4.41. The van der Waals surface area contributed by atoms with Crippen molar-refractivity contribution in [2.24, 2.45) is 11.8 Å². The first-order valence-electron chi connectivity index (χ1n) is 5.35. The third-order valence-electron chi connectivity index (χ3n) is 2.46. The zero-order valence-corrected chi connectivity index (χ0v) is 11.6. The summed E-state index contributed by atoms with van der Waals surface area (Å²) >= 11 is 0. The molecule has 98 valence electrons. The lowest BCUT2D eigenvalue weighted by molar-refractivity contribution is 0.171. The number of rotatable bonds is 2. The monoisotopic (exact) mass is 253 g/mol. The Morgan fingerprint density at radius 3 is 1.62 bits per heavy atom. The molecule has 0 N–H and O–H groups in total. The average Bonchev–Trinajstić information content (AvgIpc) is 2.16. The van der Waals surface area contributed by atoms with Crippen LogP contribution in [0, 0.1) is 11.8 Å². The van der Waals surface area contributed by atoms with Gasteiger partial charge in [-0.25, -0.2) is 0 Å². The van der Waals surface area contributed by atoms with Gasteiger partial charge in [-0.1, -0.05) is 13.8 Å². The van der Waals surface area contributed by atoms with Crippen molar-refractivity contribution in [3.8, 4) is 0 Å². The Morgan fingerprint density at radius 1 is 1.06 bits per heavy atom. The summed E-state index contributed by atoms with van der Waals surface area (Å²) in [6.45, 7) is 7.27. The minimum Gasteiger partial charge on any atom is -0.306 e. The van der Waals surface area contributed by atoms with Gasteiger partial charge in [0.25, 0.3) is 0 Å². The number of piperidine rings is 1. The van der Waals surface area contributed by atoms with Crippen LogP contribution in [0.2, 0.25) is 0 Å². The summed E-state index contributed by atoms with van der Waals surface area (Å²) in [5.41, 5.74) is 0. The maximum atomic E-state index is 9.92. The standard InChI is InChI=1S/C8H17N.C2H6O4S/c1-7-4-8(2)6-9(3)5-7;1-5-7(3,4)6-2/h7-8H,4-6H2,1-3H3;1-2H3. The fourth-order valence-corrected chi connectivity index (χ4v) is 2.18. The molecule has 1 heterocycles. The smallest absolute Gasteiger partial charge is 0.306 e. The van der Waals surface area contributed by atoms with Gasteiger partial charge in [-0.15, -0.1) is 0 Å². The van der Waals surface area contributed by atoms with E-state index in [4.69, 9.17) is 0 Å². The molecule has 6 heteroatoms. The summed E-state index contributed by atoms with van der Waals surface area (Å²) in [6.07, 6.45) is 1.42. The zero-order valence-electron chi connectivity index (χ0n) is 10.8. The van der Waals surface area contributed by atoms with Gasteiger partial charge in [0.05, 0.1) is 14.2 Å². The Kier molecular flexibility index (Phi) is 7.14. The molecule has 1 saturated heterocycles. The Labute approximate surface area is 99.1 Å². The number of hydrogen-bond donors (Lipinski definition) is 0. The summed E-state index contributed by atoms with van der Waals surface area (Å²) in [5, 5.41) is 0. The Hall–Kier alpha value is -0.170. The van der Waals surface area contributed by atoms with Crippen molar-refractivity contribution in [2.75, 3.05) is 34.4 Å². The van der Waals surface area contributed by atoms with Gasteiger partial charge in [-0.2, -0.15) is 8.42 Å². The second kappa shape index (κ2) is 7.21. The predicted molar refractivity (Wildman–Crippen MR) is 63.4 cm³/mol. The molecule has 16 heavy (non-hydrogen) atoms. The molecule has 0 amide bonds. The van der Waals surface area contributed by atoms with Gasteiger partial charge in [-0.3, -0.25) is 8.37 Å². The number of hydrogen-bond acceptors (Lipinski definition) is 5. The van der Waals surface area contributed by atoms with Gasteiger partial charge < -0.3 is 4.90 Å². The molecule has 0 radical (unpaired) electrons. The lowest BCUT2D eigenvalue weighted by Gasteiger charge is -2.31. The highest BCUT2D eigenvalue weighted by atomic mass is 32.3. The summed E-state index contributed by atoms with van der Waals surface area (Å²) in [5.74, 6) is 1.83. The van der Waals surface area contributed by atoms with Crippen molar-refractivity contribution in [1.29, 1.82) is 0 Å². The lowest BCUT2D eigenvalue weighted by Crippen LogP contribution is -2.35. The Balaban J connectivity index is 0.000000293. The lowest BCUT2D eigenvalue weighted by atomic mass is 9.92. The van der Waals surface area contributed by atoms with E-state index in [1.165, 1.54) is 19.5 Å². The van der Waals surface area contributed by atoms with Gasteiger partial charge in [0.15, 0.2) is 0 Å². The number of likely N-dealkylation sites (tertiary alicyclic amines) is 1. The quantitative estimate of drug-likeness (QED) is 0.738. The average molecular weight is 253 g/mol. The van der Waals surface area contributed by atoms with E-state index in [0.717, 1.165) is 26.1 Å². The van der Waals surface area contributed by atoms with Crippen molar-refractivity contribution in [3.05, 3.63) is 0 Å². The first-order valence-corrected chi connectivity index (χ1v) is 6.68. The zero-order chi connectivity index (χ0) is 12.8. The van der Waals surface area contributed by atoms with E-state index in [1.807, 2.05) is 0 Å². The van der Waals surface area contributed by atoms with Crippen molar-refractivity contribution < 1.29 is 16.8 Å². The van der Waals surface area contributed by atoms with Crippen LogP contribution in [0.15, 0.2) is 0 Å². The second-order valence-corrected chi connectivity index (χ2v) is 5.89. The molecule has 0 spiro atoms. The molecule has 1 rings (SSSR count). The van der Waals surface area contributed by atoms with Crippen LogP contribution in [0.4, 0.5) is 0 Å². The predicted octanol–water partition coefficient (Wildman–Crippen LogP) is 1.12. The summed E-state index contributed by atoms with van der Waals surface area (Å²) in [7, 11) is 0.610. The first-order chi connectivity index (χ1) is 7.30. The van der Waals surface area contributed by atoms with Crippen LogP contribution < -0.4 is 0 Å². The van der Waals surface area contributed by atoms with Gasteiger partial charge in [-0.05, 0) is 25.3 Å². The van der Waals surface area contributed by atoms with Crippen LogP contribution >= 0.6 is 0 Å². The minimum absolute atomic E-state index is 0.916. The Bertz CT molecular complexity index is 244. The molecular weight excluding hydrogens is 230 g/mol. The van der Waals surface area contributed by atoms with Crippen molar-refractivity contribution in [1.82, 2.24) is 4.90 Å². The maximum absolute atomic E-state index is 9.92. The number of nitrogens with zero attached hydrogens (tertiary/aromatic N) is 1. The highest BCUT2D eigenvalue weighted by Crippen LogP contribution is 2.18. The van der Waals surface area contributed by atoms with E-state index in [1.54, 1.807) is 0 Å². The summed E-state index contributed by atoms with van der Waals surface area (Å²) in [6, 6.07) is 0. The minimum atomic E-state index is -3.66. The van der Waals surface area contributed by atoms with E-state index < -0.39 is 10.4 Å². The van der Waals surface area contributed by atoms with E-state index in [0.29, 0.717) is 0 Å². The fourth-order valence-electron chi connectivity index (χ4n) is 2.04. The van der Waals surface area contributed by atoms with Crippen molar-refractivity contribution in [2.45, 2.75) is 20.3 Å². The SMILES string of the molecule is CC1CC(C)CN(C)C1.COS(=O)(=O)OC. The molecule has 0 aromatic rings. The van der Waals surface area contributed by atoms with Gasteiger partial charge in [0.1, 0.15) is 0 Å². The summed E-state index contributed by atoms with van der Waals surface area (Å²) in [4.78, 5) is 2.43. The molecule has 1 fully saturated rings. The fraction of sp³-hybridized carbons (Fsp3) is 1.00. The molecule has 5 nitrogen and oxygen atoms in total. The van der Waals surface area contributed by atoms with Gasteiger partial charge in [0.2, 0.25) is 0 Å². The van der Waals surface area contributed by atoms with E-state index in [-0.39, 0.29) is 0 Å². The molecule has 0 aromatic carbocycles. The maximum Gasteiger partial charge on any atom is 0.399 e. The molecular formula is C10H23NO4S. The van der Waals surface area contributed by atoms with E-state index in [2.05, 4.69) is 34.2 Å². The molecule has 0 saturated carbocycles. The van der Waals surface area contributed by atoms with E-state index in [9.17, 15) is 8.42 Å². The molecule has 0 aromatic heterocycles. The Morgan fingerprint density at radius 2 is 1.44 bits per heavy atom. The van der Waals surface area contributed by atoms with Crippen LogP contribution in [0.1, 0.15) is 20.3 Å². The van der Waals surface area contributed by atoms with Crippen LogP contribution in [0.5, 0.6) is 0 Å². The first kappa shape index (κ1) is 15.8. The van der Waals surface area contributed by atoms with Crippen LogP contribution in [0.3, 0.4) is 0 Å². The normalized spacial score (nSPS) is 27.1. The van der Waals surface area contributed by atoms with E-state index >= 15 is 0 Å². The van der Waals surface area contributed by atoms with Gasteiger partial charge >= 0.3 is 10.4 Å². The molecule has 1 aliphatic heterocycles. The molecule has 0 bridgehead atoms. The molecule has 1 aliphatic rings. The largest absolute Gasteiger partial charge is 0.399 e. The van der Waals surface area contributed by atoms with Crippen LogP contribution in [-0.4, -0.2) is 47.7 Å². The van der Waals surface area contributed by atoms with Gasteiger partial charge in [0, 0.05) is 13.1 Å². The molecule has 2 atom stereocenters.